The summed E-state index contributed by atoms with van der Waals surface area (Å²) < 4.78 is 32.1. The Kier molecular flexibility index (Phi) is 4.42. The number of carbonyl (C=O) groups is 1. The molecule has 3 heterocycles. The maximum absolute atomic E-state index is 12.5. The van der Waals surface area contributed by atoms with Crippen molar-refractivity contribution >= 4 is 27.5 Å². The van der Waals surface area contributed by atoms with Crippen LogP contribution in [0, 0.1) is 0 Å². The third-order valence-corrected chi connectivity index (χ3v) is 7.58. The highest BCUT2D eigenvalue weighted by atomic mass is 32.2. The van der Waals surface area contributed by atoms with Gasteiger partial charge in [0.05, 0.1) is 6.54 Å². The van der Waals surface area contributed by atoms with Gasteiger partial charge in [0.1, 0.15) is 10.3 Å². The highest BCUT2D eigenvalue weighted by Gasteiger charge is 2.38. The summed E-state index contributed by atoms with van der Waals surface area (Å²) in [5.41, 5.74) is 0. The van der Waals surface area contributed by atoms with E-state index in [1.807, 2.05) is 6.92 Å². The molecule has 0 spiro atoms. The number of ether oxygens (including phenoxy) is 1. The minimum Gasteiger partial charge on any atom is -0.444 e. The lowest BCUT2D eigenvalue weighted by atomic mass is 10.1. The van der Waals surface area contributed by atoms with Gasteiger partial charge in [-0.05, 0) is 30.7 Å². The van der Waals surface area contributed by atoms with E-state index >= 15 is 0 Å². The molecule has 0 bridgehead atoms. The number of nitrogens with zero attached hydrogens (tertiary/aromatic N) is 2. The molecule has 22 heavy (non-hydrogen) atoms. The van der Waals surface area contributed by atoms with E-state index in [9.17, 15) is 13.2 Å². The van der Waals surface area contributed by atoms with Gasteiger partial charge in [-0.1, -0.05) is 13.0 Å². The SMILES string of the molecule is CCC1CN(C2CCN(S(=O)(=O)c3cccs3)CC2)C(=O)O1. The Hall–Kier alpha value is -1.12. The fraction of sp³-hybridized carbons (Fsp3) is 0.643. The minimum absolute atomic E-state index is 0.0274. The summed E-state index contributed by atoms with van der Waals surface area (Å²) >= 11 is 1.24. The number of amides is 1. The highest BCUT2D eigenvalue weighted by molar-refractivity contribution is 7.91. The van der Waals surface area contributed by atoms with Gasteiger partial charge in [-0.2, -0.15) is 4.31 Å². The molecule has 2 aliphatic rings. The first-order valence-corrected chi connectivity index (χ1v) is 9.85. The molecule has 8 heteroatoms. The van der Waals surface area contributed by atoms with Gasteiger partial charge in [0.2, 0.25) is 0 Å². The molecule has 0 aliphatic carbocycles. The molecule has 6 nitrogen and oxygen atoms in total. The number of cyclic esters (lactones) is 1. The standard InChI is InChI=1S/C14H20N2O4S2/c1-2-12-10-16(14(17)20-12)11-5-7-15(8-6-11)22(18,19)13-4-3-9-21-13/h3-4,9,11-12H,2,5-8,10H2,1H3. The molecular weight excluding hydrogens is 324 g/mol. The van der Waals surface area contributed by atoms with Crippen LogP contribution in [-0.4, -0.2) is 55.5 Å². The fourth-order valence-electron chi connectivity index (χ4n) is 2.98. The zero-order chi connectivity index (χ0) is 15.7. The van der Waals surface area contributed by atoms with Gasteiger partial charge in [0.15, 0.2) is 0 Å². The van der Waals surface area contributed by atoms with Crippen molar-refractivity contribution in [3.05, 3.63) is 17.5 Å². The first-order valence-electron chi connectivity index (χ1n) is 7.53. The first kappa shape index (κ1) is 15.8. The second kappa shape index (κ2) is 6.17. The molecule has 2 fully saturated rings. The van der Waals surface area contributed by atoms with Crippen molar-refractivity contribution < 1.29 is 17.9 Å². The summed E-state index contributed by atoms with van der Waals surface area (Å²) in [6.45, 7) is 3.52. The number of piperidine rings is 1. The van der Waals surface area contributed by atoms with E-state index in [-0.39, 0.29) is 18.2 Å². The average Bonchev–Trinajstić information content (AvgIpc) is 3.17. The van der Waals surface area contributed by atoms with E-state index in [2.05, 4.69) is 0 Å². The normalized spacial score (nSPS) is 24.7. The lowest BCUT2D eigenvalue weighted by Crippen LogP contribution is -2.47. The molecule has 0 saturated carbocycles. The van der Waals surface area contributed by atoms with E-state index in [0.717, 1.165) is 6.42 Å². The lowest BCUT2D eigenvalue weighted by Gasteiger charge is -2.34. The molecule has 1 amide bonds. The molecule has 1 atom stereocenters. The molecule has 1 aromatic rings. The zero-order valence-electron chi connectivity index (χ0n) is 12.5. The van der Waals surface area contributed by atoms with E-state index in [0.29, 0.717) is 36.7 Å². The maximum Gasteiger partial charge on any atom is 0.410 e. The molecule has 0 radical (unpaired) electrons. The lowest BCUT2D eigenvalue weighted by molar-refractivity contribution is 0.120. The van der Waals surface area contributed by atoms with Crippen LogP contribution in [0.3, 0.4) is 0 Å². The molecule has 0 aromatic carbocycles. The number of rotatable bonds is 4. The molecule has 122 valence electrons. The Morgan fingerprint density at radius 3 is 2.64 bits per heavy atom. The Morgan fingerprint density at radius 2 is 2.09 bits per heavy atom. The fourth-order valence-corrected chi connectivity index (χ4v) is 5.60. The molecule has 1 unspecified atom stereocenters. The largest absolute Gasteiger partial charge is 0.444 e. The summed E-state index contributed by atoms with van der Waals surface area (Å²) in [6, 6.07) is 3.46. The second-order valence-corrected chi connectivity index (χ2v) is 8.75. The van der Waals surface area contributed by atoms with Gasteiger partial charge in [-0.15, -0.1) is 11.3 Å². The van der Waals surface area contributed by atoms with Crippen LogP contribution in [0.4, 0.5) is 4.79 Å². The van der Waals surface area contributed by atoms with Gasteiger partial charge in [0.25, 0.3) is 10.0 Å². The van der Waals surface area contributed by atoms with Gasteiger partial charge in [-0.25, -0.2) is 13.2 Å². The average molecular weight is 344 g/mol. The maximum atomic E-state index is 12.5. The van der Waals surface area contributed by atoms with Crippen molar-refractivity contribution in [2.75, 3.05) is 19.6 Å². The van der Waals surface area contributed by atoms with Gasteiger partial charge in [0, 0.05) is 19.1 Å². The smallest absolute Gasteiger partial charge is 0.410 e. The van der Waals surface area contributed by atoms with Crippen molar-refractivity contribution in [3.8, 4) is 0 Å². The molecule has 2 aliphatic heterocycles. The third kappa shape index (κ3) is 2.87. The van der Waals surface area contributed by atoms with Crippen LogP contribution < -0.4 is 0 Å². The second-order valence-electron chi connectivity index (χ2n) is 5.63. The summed E-state index contributed by atoms with van der Waals surface area (Å²) in [6.07, 6.45) is 1.85. The Morgan fingerprint density at radius 1 is 1.36 bits per heavy atom. The van der Waals surface area contributed by atoms with Crippen molar-refractivity contribution in [1.29, 1.82) is 0 Å². The van der Waals surface area contributed by atoms with Gasteiger partial charge in [-0.3, -0.25) is 0 Å². The van der Waals surface area contributed by atoms with Crippen LogP contribution in [-0.2, 0) is 14.8 Å². The molecule has 2 saturated heterocycles. The predicted molar refractivity (Wildman–Crippen MR) is 83.4 cm³/mol. The summed E-state index contributed by atoms with van der Waals surface area (Å²) in [7, 11) is -3.38. The topological polar surface area (TPSA) is 66.9 Å². The van der Waals surface area contributed by atoms with Crippen molar-refractivity contribution in [3.63, 3.8) is 0 Å². The van der Waals surface area contributed by atoms with Crippen LogP contribution in [0.2, 0.25) is 0 Å². The summed E-state index contributed by atoms with van der Waals surface area (Å²) in [5, 5.41) is 1.77. The molecule has 1 aromatic heterocycles. The zero-order valence-corrected chi connectivity index (χ0v) is 14.1. The Balaban J connectivity index is 1.63. The van der Waals surface area contributed by atoms with Crippen molar-refractivity contribution in [2.24, 2.45) is 0 Å². The van der Waals surface area contributed by atoms with E-state index < -0.39 is 10.0 Å². The quantitative estimate of drug-likeness (QED) is 0.839. The van der Waals surface area contributed by atoms with E-state index in [1.165, 1.54) is 15.6 Å². The molecule has 0 N–H and O–H groups in total. The summed E-state index contributed by atoms with van der Waals surface area (Å²) in [4.78, 5) is 13.6. The highest BCUT2D eigenvalue weighted by Crippen LogP contribution is 2.28. The number of sulfonamides is 1. The number of carbonyl (C=O) groups excluding carboxylic acids is 1. The number of thiophene rings is 1. The van der Waals surface area contributed by atoms with Crippen molar-refractivity contribution in [2.45, 2.75) is 42.5 Å². The monoisotopic (exact) mass is 344 g/mol. The Labute approximate surface area is 134 Å². The molecular formula is C14H20N2O4S2. The van der Waals surface area contributed by atoms with E-state index in [4.69, 9.17) is 4.74 Å². The molecule has 3 rings (SSSR count). The third-order valence-electron chi connectivity index (χ3n) is 4.31. The van der Waals surface area contributed by atoms with Crippen LogP contribution >= 0.6 is 11.3 Å². The minimum atomic E-state index is -3.38. The van der Waals surface area contributed by atoms with Gasteiger partial charge < -0.3 is 9.64 Å². The van der Waals surface area contributed by atoms with Crippen molar-refractivity contribution in [1.82, 2.24) is 9.21 Å². The predicted octanol–water partition coefficient (Wildman–Crippen LogP) is 2.13. The number of hydrogen-bond donors (Lipinski definition) is 0. The van der Waals surface area contributed by atoms with Crippen LogP contribution in [0.25, 0.3) is 0 Å². The van der Waals surface area contributed by atoms with Crippen LogP contribution in [0.5, 0.6) is 0 Å². The summed E-state index contributed by atoms with van der Waals surface area (Å²) in [5.74, 6) is 0. The first-order chi connectivity index (χ1) is 10.5. The van der Waals surface area contributed by atoms with E-state index in [1.54, 1.807) is 22.4 Å². The number of hydrogen-bond acceptors (Lipinski definition) is 5. The van der Waals surface area contributed by atoms with Crippen LogP contribution in [0.15, 0.2) is 21.7 Å². The van der Waals surface area contributed by atoms with Gasteiger partial charge >= 0.3 is 6.09 Å². The van der Waals surface area contributed by atoms with Crippen LogP contribution in [0.1, 0.15) is 26.2 Å². The Bertz CT molecular complexity index is 621.